The van der Waals surface area contributed by atoms with Crippen molar-refractivity contribution in [3.63, 3.8) is 0 Å². The summed E-state index contributed by atoms with van der Waals surface area (Å²) in [4.78, 5) is 12.1. The van der Waals surface area contributed by atoms with Gasteiger partial charge in [-0.1, -0.05) is 24.6 Å². The topological polar surface area (TPSA) is 69.0 Å². The molecular formula is C18H24N4O2. The van der Waals surface area contributed by atoms with E-state index in [4.69, 9.17) is 4.74 Å². The number of ether oxygens (including phenoxy) is 1. The number of aryl methyl sites for hydroxylation is 1. The zero-order valence-electron chi connectivity index (χ0n) is 14.1. The molecule has 0 unspecified atom stereocenters. The zero-order chi connectivity index (χ0) is 16.8. The molecule has 0 saturated heterocycles. The maximum atomic E-state index is 12.1. The van der Waals surface area contributed by atoms with Crippen LogP contribution in [0.3, 0.4) is 0 Å². The molecule has 0 bridgehead atoms. The van der Waals surface area contributed by atoms with Crippen molar-refractivity contribution in [3.05, 3.63) is 41.5 Å². The lowest BCUT2D eigenvalue weighted by molar-refractivity contribution is -0.120. The van der Waals surface area contributed by atoms with Crippen molar-refractivity contribution in [3.8, 4) is 5.75 Å². The lowest BCUT2D eigenvalue weighted by Crippen LogP contribution is -2.28. The van der Waals surface area contributed by atoms with Crippen molar-refractivity contribution in [1.29, 1.82) is 0 Å². The number of aromatic nitrogens is 3. The van der Waals surface area contributed by atoms with Crippen molar-refractivity contribution >= 4 is 5.91 Å². The van der Waals surface area contributed by atoms with Gasteiger partial charge in [0.1, 0.15) is 17.4 Å². The summed E-state index contributed by atoms with van der Waals surface area (Å²) in [7, 11) is 1.62. The smallest absolute Gasteiger partial charge is 0.224 e. The number of amides is 1. The molecule has 1 aromatic heterocycles. The fraction of sp³-hybridized carbons (Fsp3) is 0.500. The Kier molecular flexibility index (Phi) is 5.46. The van der Waals surface area contributed by atoms with Gasteiger partial charge in [0.15, 0.2) is 0 Å². The molecule has 0 aliphatic carbocycles. The van der Waals surface area contributed by atoms with Gasteiger partial charge in [-0.15, -0.1) is 10.2 Å². The maximum absolute atomic E-state index is 12.1. The van der Waals surface area contributed by atoms with Crippen molar-refractivity contribution in [2.75, 3.05) is 13.7 Å². The second-order valence-corrected chi connectivity index (χ2v) is 6.08. The quantitative estimate of drug-likeness (QED) is 0.879. The van der Waals surface area contributed by atoms with E-state index in [-0.39, 0.29) is 5.91 Å². The summed E-state index contributed by atoms with van der Waals surface area (Å²) in [6.45, 7) is 1.57. The highest BCUT2D eigenvalue weighted by molar-refractivity contribution is 5.79. The van der Waals surface area contributed by atoms with E-state index in [0.717, 1.165) is 35.9 Å². The molecule has 3 rings (SSSR count). The van der Waals surface area contributed by atoms with Crippen LogP contribution in [0.25, 0.3) is 0 Å². The Morgan fingerprint density at radius 2 is 2.12 bits per heavy atom. The average molecular weight is 328 g/mol. The number of fused-ring (bicyclic) bond motifs is 1. The van der Waals surface area contributed by atoms with E-state index >= 15 is 0 Å². The first-order valence-electron chi connectivity index (χ1n) is 8.57. The van der Waals surface area contributed by atoms with Crippen LogP contribution in [0.1, 0.15) is 36.5 Å². The van der Waals surface area contributed by atoms with Gasteiger partial charge in [-0.25, -0.2) is 0 Å². The number of rotatable bonds is 6. The van der Waals surface area contributed by atoms with Crippen LogP contribution >= 0.6 is 0 Å². The van der Waals surface area contributed by atoms with Gasteiger partial charge < -0.3 is 14.6 Å². The number of benzene rings is 1. The molecule has 24 heavy (non-hydrogen) atoms. The molecule has 1 aliphatic rings. The molecule has 1 N–H and O–H groups in total. The molecular weight excluding hydrogens is 304 g/mol. The van der Waals surface area contributed by atoms with Crippen molar-refractivity contribution in [1.82, 2.24) is 20.1 Å². The van der Waals surface area contributed by atoms with Crippen LogP contribution in [0.4, 0.5) is 0 Å². The van der Waals surface area contributed by atoms with Crippen LogP contribution in [0.15, 0.2) is 24.3 Å². The molecule has 6 heteroatoms. The number of hydrogen-bond donors (Lipinski definition) is 1. The van der Waals surface area contributed by atoms with E-state index in [9.17, 15) is 4.79 Å². The Hall–Kier alpha value is -2.37. The van der Waals surface area contributed by atoms with Gasteiger partial charge >= 0.3 is 0 Å². The zero-order valence-corrected chi connectivity index (χ0v) is 14.1. The maximum Gasteiger partial charge on any atom is 0.224 e. The number of hydrogen-bond acceptors (Lipinski definition) is 4. The highest BCUT2D eigenvalue weighted by atomic mass is 16.5. The third kappa shape index (κ3) is 3.93. The minimum atomic E-state index is -0.00453. The second-order valence-electron chi connectivity index (χ2n) is 6.08. The van der Waals surface area contributed by atoms with Crippen LogP contribution < -0.4 is 10.1 Å². The molecule has 1 amide bonds. The molecule has 0 radical (unpaired) electrons. The molecule has 0 spiro atoms. The van der Waals surface area contributed by atoms with Gasteiger partial charge in [-0.05, 0) is 18.9 Å². The van der Waals surface area contributed by atoms with Crippen molar-refractivity contribution < 1.29 is 9.53 Å². The summed E-state index contributed by atoms with van der Waals surface area (Å²) >= 11 is 0. The number of carbonyl (C=O) groups excluding carboxylic acids is 1. The Balaban J connectivity index is 1.51. The number of nitrogens with one attached hydrogen (secondary N) is 1. The Morgan fingerprint density at radius 1 is 1.25 bits per heavy atom. The Bertz CT molecular complexity index is 696. The molecule has 128 valence electrons. The summed E-state index contributed by atoms with van der Waals surface area (Å²) < 4.78 is 7.50. The Labute approximate surface area is 142 Å². The summed E-state index contributed by atoms with van der Waals surface area (Å²) in [6.07, 6.45) is 5.66. The first-order valence-corrected chi connectivity index (χ1v) is 8.57. The third-order valence-electron chi connectivity index (χ3n) is 4.40. The predicted molar refractivity (Wildman–Crippen MR) is 91.0 cm³/mol. The van der Waals surface area contributed by atoms with Crippen molar-refractivity contribution in [2.24, 2.45) is 0 Å². The lowest BCUT2D eigenvalue weighted by atomic mass is 10.1. The summed E-state index contributed by atoms with van der Waals surface area (Å²) in [5, 5.41) is 11.5. The van der Waals surface area contributed by atoms with Crippen LogP contribution in [0.2, 0.25) is 0 Å². The van der Waals surface area contributed by atoms with Gasteiger partial charge in [-0.2, -0.15) is 0 Å². The molecule has 1 aliphatic heterocycles. The Morgan fingerprint density at radius 3 is 3.00 bits per heavy atom. The van der Waals surface area contributed by atoms with Crippen molar-refractivity contribution in [2.45, 2.75) is 45.1 Å². The van der Waals surface area contributed by atoms with Crippen LogP contribution in [0, 0.1) is 0 Å². The van der Waals surface area contributed by atoms with Gasteiger partial charge in [0, 0.05) is 31.5 Å². The molecule has 6 nitrogen and oxygen atoms in total. The lowest BCUT2D eigenvalue weighted by Gasteiger charge is -2.09. The number of para-hydroxylation sites is 1. The first kappa shape index (κ1) is 16.5. The van der Waals surface area contributed by atoms with Crippen LogP contribution in [-0.2, 0) is 30.6 Å². The van der Waals surface area contributed by atoms with Gasteiger partial charge in [0.2, 0.25) is 5.91 Å². The predicted octanol–water partition coefficient (Wildman–Crippen LogP) is 1.91. The molecule has 1 aromatic carbocycles. The van der Waals surface area contributed by atoms with Gasteiger partial charge in [-0.3, -0.25) is 4.79 Å². The minimum Gasteiger partial charge on any atom is -0.496 e. The minimum absolute atomic E-state index is 0.00453. The van der Waals surface area contributed by atoms with E-state index in [1.165, 1.54) is 19.3 Å². The molecule has 2 aromatic rings. The third-order valence-corrected chi connectivity index (χ3v) is 4.40. The highest BCUT2D eigenvalue weighted by Crippen LogP contribution is 2.17. The molecule has 0 atom stereocenters. The van der Waals surface area contributed by atoms with Crippen LogP contribution in [0.5, 0.6) is 5.75 Å². The fourth-order valence-corrected chi connectivity index (χ4v) is 3.13. The van der Waals surface area contributed by atoms with Gasteiger partial charge in [0.25, 0.3) is 0 Å². The number of methoxy groups -OCH3 is 1. The largest absolute Gasteiger partial charge is 0.496 e. The molecule has 0 fully saturated rings. The highest BCUT2D eigenvalue weighted by Gasteiger charge is 2.14. The summed E-state index contributed by atoms with van der Waals surface area (Å²) in [5.74, 6) is 2.80. The van der Waals surface area contributed by atoms with E-state index in [2.05, 4.69) is 20.1 Å². The van der Waals surface area contributed by atoms with Crippen LogP contribution in [-0.4, -0.2) is 34.3 Å². The second kappa shape index (κ2) is 7.95. The normalized spacial score (nSPS) is 13.9. The summed E-state index contributed by atoms with van der Waals surface area (Å²) in [6, 6.07) is 7.60. The molecule has 2 heterocycles. The first-order chi connectivity index (χ1) is 11.8. The molecule has 0 saturated carbocycles. The number of carbonyl (C=O) groups is 1. The standard InChI is InChI=1S/C18H24N4O2/c1-24-15-8-5-4-7-14(15)13-18(23)19-11-10-17-21-20-16-9-3-2-6-12-22(16)17/h4-5,7-8H,2-3,6,9-13H2,1H3,(H,19,23). The number of nitrogens with zero attached hydrogens (tertiary/aromatic N) is 3. The summed E-state index contributed by atoms with van der Waals surface area (Å²) in [5.41, 5.74) is 0.897. The average Bonchev–Trinajstić information content (AvgIpc) is 2.82. The SMILES string of the molecule is COc1ccccc1CC(=O)NCCc1nnc2n1CCCCC2. The van der Waals surface area contributed by atoms with E-state index in [1.54, 1.807) is 7.11 Å². The van der Waals surface area contributed by atoms with Gasteiger partial charge in [0.05, 0.1) is 13.5 Å². The fourth-order valence-electron chi connectivity index (χ4n) is 3.13. The van der Waals surface area contributed by atoms with E-state index in [1.807, 2.05) is 24.3 Å². The van der Waals surface area contributed by atoms with E-state index in [0.29, 0.717) is 19.4 Å². The van der Waals surface area contributed by atoms with E-state index < -0.39 is 0 Å². The monoisotopic (exact) mass is 328 g/mol.